The molecule has 0 radical (unpaired) electrons. The maximum atomic E-state index is 10.0. The Labute approximate surface area is 119 Å². The van der Waals surface area contributed by atoms with Crippen LogP contribution in [0.5, 0.6) is 0 Å². The van der Waals surface area contributed by atoms with Gasteiger partial charge in [0.15, 0.2) is 17.7 Å². The molecule has 114 valence electrons. The first-order valence-corrected chi connectivity index (χ1v) is 6.35. The van der Waals surface area contributed by atoms with Crippen LogP contribution in [-0.4, -0.2) is 65.8 Å². The van der Waals surface area contributed by atoms with Crippen molar-refractivity contribution in [1.82, 2.24) is 19.5 Å². The molecule has 0 saturated carbocycles. The van der Waals surface area contributed by atoms with Crippen LogP contribution in [0.25, 0.3) is 11.2 Å². The maximum Gasteiger partial charge on any atom is 0.167 e. The number of nitrogens with zero attached hydrogens (tertiary/aromatic N) is 4. The van der Waals surface area contributed by atoms with Crippen molar-refractivity contribution in [1.29, 1.82) is 0 Å². The van der Waals surface area contributed by atoms with Gasteiger partial charge in [-0.05, 0) is 0 Å². The summed E-state index contributed by atoms with van der Waals surface area (Å²) in [4.78, 5) is 12.0. The van der Waals surface area contributed by atoms with E-state index < -0.39 is 37.2 Å². The minimum Gasteiger partial charge on any atom is -0.394 e. The van der Waals surface area contributed by atoms with Crippen LogP contribution >= 0.6 is 0 Å². The van der Waals surface area contributed by atoms with E-state index in [9.17, 15) is 10.2 Å². The van der Waals surface area contributed by atoms with Crippen LogP contribution in [0.1, 0.15) is 6.23 Å². The molecular weight excluding hydrogens is 280 g/mol. The Kier molecular flexibility index (Phi) is 3.47. The van der Waals surface area contributed by atoms with Crippen LogP contribution in [0.3, 0.4) is 0 Å². The maximum absolute atomic E-state index is 10.0. The van der Waals surface area contributed by atoms with Crippen LogP contribution in [-0.2, 0) is 4.74 Å². The van der Waals surface area contributed by atoms with Crippen LogP contribution in [0.4, 0.5) is 5.82 Å². The number of hydrogen-bond acceptors (Lipinski definition) is 9. The van der Waals surface area contributed by atoms with Crippen molar-refractivity contribution in [2.75, 3.05) is 12.3 Å². The molecule has 0 bridgehead atoms. The van der Waals surface area contributed by atoms with Crippen molar-refractivity contribution in [3.63, 3.8) is 0 Å². The van der Waals surface area contributed by atoms with Crippen molar-refractivity contribution in [3.05, 3.63) is 12.7 Å². The minimum atomic E-state index is -1.23. The first-order valence-electron chi connectivity index (χ1n) is 6.35. The van der Waals surface area contributed by atoms with E-state index in [1.165, 1.54) is 17.2 Å². The lowest BCUT2D eigenvalue weighted by atomic mass is 10.0. The summed E-state index contributed by atoms with van der Waals surface area (Å²) >= 11 is 0. The van der Waals surface area contributed by atoms with Gasteiger partial charge < -0.3 is 31.5 Å². The number of ether oxygens (including phenoxy) is 1. The molecule has 5 atom stereocenters. The highest BCUT2D eigenvalue weighted by Gasteiger charge is 2.46. The van der Waals surface area contributed by atoms with Gasteiger partial charge in [0.2, 0.25) is 0 Å². The van der Waals surface area contributed by atoms with E-state index in [0.717, 1.165) is 0 Å². The van der Waals surface area contributed by atoms with Crippen molar-refractivity contribution in [3.8, 4) is 0 Å². The van der Waals surface area contributed by atoms with Gasteiger partial charge >= 0.3 is 0 Å². The lowest BCUT2D eigenvalue weighted by Crippen LogP contribution is -2.43. The topological polar surface area (TPSA) is 166 Å². The van der Waals surface area contributed by atoms with Gasteiger partial charge in [-0.1, -0.05) is 0 Å². The van der Waals surface area contributed by atoms with Gasteiger partial charge in [0, 0.05) is 0 Å². The lowest BCUT2D eigenvalue weighted by molar-refractivity contribution is -0.0950. The lowest BCUT2D eigenvalue weighted by Gasteiger charge is -2.19. The van der Waals surface area contributed by atoms with Gasteiger partial charge in [-0.25, -0.2) is 15.0 Å². The SMILES string of the molecule is Nc1ncnc2c1ncn2C1O[C@H]([C@H](O)CO)[C@H](O)[C@H]1N. The molecule has 2 aromatic rings. The molecule has 1 aliphatic heterocycles. The quantitative estimate of drug-likeness (QED) is 0.406. The molecule has 1 fully saturated rings. The van der Waals surface area contributed by atoms with Crippen LogP contribution in [0.15, 0.2) is 12.7 Å². The van der Waals surface area contributed by atoms with Crippen LogP contribution in [0, 0.1) is 0 Å². The van der Waals surface area contributed by atoms with E-state index in [0.29, 0.717) is 11.2 Å². The molecule has 21 heavy (non-hydrogen) atoms. The second kappa shape index (κ2) is 5.16. The smallest absolute Gasteiger partial charge is 0.167 e. The molecule has 10 heteroatoms. The predicted molar refractivity (Wildman–Crippen MR) is 70.7 cm³/mol. The van der Waals surface area contributed by atoms with Gasteiger partial charge in [0.25, 0.3) is 0 Å². The predicted octanol–water partition coefficient (Wildman–Crippen LogP) is -2.65. The van der Waals surface area contributed by atoms with E-state index in [1.807, 2.05) is 0 Å². The number of nitrogen functional groups attached to an aromatic ring is 1. The standard InChI is InChI=1S/C11H16N6O4/c12-5-7(20)8(4(19)1-18)21-11(5)17-3-16-6-9(13)14-2-15-10(6)17/h2-5,7-8,11,18-20H,1,12H2,(H2,13,14,15)/t4-,5-,7-,8-,11?/m1/s1. The Hall–Kier alpha value is -1.85. The number of fused-ring (bicyclic) bond motifs is 1. The summed E-state index contributed by atoms with van der Waals surface area (Å²) in [5, 5.41) is 28.7. The summed E-state index contributed by atoms with van der Waals surface area (Å²) in [6, 6.07) is -0.815. The van der Waals surface area contributed by atoms with E-state index >= 15 is 0 Å². The Morgan fingerprint density at radius 2 is 2.14 bits per heavy atom. The van der Waals surface area contributed by atoms with E-state index in [-0.39, 0.29) is 5.82 Å². The zero-order valence-corrected chi connectivity index (χ0v) is 10.9. The Morgan fingerprint density at radius 3 is 2.86 bits per heavy atom. The normalized spacial score (nSPS) is 30.9. The highest BCUT2D eigenvalue weighted by Crippen LogP contribution is 2.32. The van der Waals surface area contributed by atoms with Gasteiger partial charge in [-0.2, -0.15) is 0 Å². The Balaban J connectivity index is 1.98. The summed E-state index contributed by atoms with van der Waals surface area (Å²) in [7, 11) is 0. The number of aliphatic hydroxyl groups excluding tert-OH is 3. The summed E-state index contributed by atoms with van der Waals surface area (Å²) in [5.41, 5.74) is 12.4. The summed E-state index contributed by atoms with van der Waals surface area (Å²) in [6.07, 6.45) is -1.43. The monoisotopic (exact) mass is 296 g/mol. The summed E-state index contributed by atoms with van der Waals surface area (Å²) in [5.74, 6) is 0.220. The third-order valence-corrected chi connectivity index (χ3v) is 3.58. The fourth-order valence-electron chi connectivity index (χ4n) is 2.45. The number of anilines is 1. The van der Waals surface area contributed by atoms with Crippen molar-refractivity contribution >= 4 is 17.0 Å². The first-order chi connectivity index (χ1) is 10.0. The summed E-state index contributed by atoms with van der Waals surface area (Å²) in [6.45, 7) is -0.541. The number of hydrogen-bond donors (Lipinski definition) is 5. The molecule has 1 aliphatic rings. The second-order valence-corrected chi connectivity index (χ2v) is 4.89. The first kappa shape index (κ1) is 14.1. The highest BCUT2D eigenvalue weighted by atomic mass is 16.5. The molecule has 3 heterocycles. The van der Waals surface area contributed by atoms with Crippen molar-refractivity contribution in [2.45, 2.75) is 30.6 Å². The van der Waals surface area contributed by atoms with E-state index in [2.05, 4.69) is 15.0 Å². The number of rotatable bonds is 3. The second-order valence-electron chi connectivity index (χ2n) is 4.89. The molecule has 0 aromatic carbocycles. The molecule has 10 nitrogen and oxygen atoms in total. The molecule has 3 rings (SSSR count). The average molecular weight is 296 g/mol. The largest absolute Gasteiger partial charge is 0.394 e. The van der Waals surface area contributed by atoms with Gasteiger partial charge in [-0.3, -0.25) is 4.57 Å². The zero-order valence-electron chi connectivity index (χ0n) is 10.9. The van der Waals surface area contributed by atoms with E-state index in [1.54, 1.807) is 0 Å². The molecule has 0 spiro atoms. The number of aromatic nitrogens is 4. The van der Waals surface area contributed by atoms with Crippen LogP contribution < -0.4 is 11.5 Å². The van der Waals surface area contributed by atoms with Gasteiger partial charge in [0.05, 0.1) is 19.0 Å². The Bertz CT molecular complexity index is 649. The fourth-order valence-corrected chi connectivity index (χ4v) is 2.45. The average Bonchev–Trinajstić information content (AvgIpc) is 3.02. The molecule has 7 N–H and O–H groups in total. The zero-order chi connectivity index (χ0) is 15.1. The number of imidazole rings is 1. The summed E-state index contributed by atoms with van der Waals surface area (Å²) < 4.78 is 7.09. The molecule has 0 aliphatic carbocycles. The van der Waals surface area contributed by atoms with Crippen LogP contribution in [0.2, 0.25) is 0 Å². The molecule has 1 unspecified atom stereocenters. The third kappa shape index (κ3) is 2.13. The van der Waals surface area contributed by atoms with Crippen molar-refractivity contribution in [2.24, 2.45) is 5.73 Å². The van der Waals surface area contributed by atoms with E-state index in [4.69, 9.17) is 21.3 Å². The van der Waals surface area contributed by atoms with Crippen molar-refractivity contribution < 1.29 is 20.1 Å². The molecule has 1 saturated heterocycles. The molecular formula is C11H16N6O4. The minimum absolute atomic E-state index is 0.220. The highest BCUT2D eigenvalue weighted by molar-refractivity contribution is 5.81. The fraction of sp³-hybridized carbons (Fsp3) is 0.545. The van der Waals surface area contributed by atoms with Gasteiger partial charge in [-0.15, -0.1) is 0 Å². The molecule has 0 amide bonds. The molecule has 2 aromatic heterocycles. The Morgan fingerprint density at radius 1 is 1.38 bits per heavy atom. The van der Waals surface area contributed by atoms with Gasteiger partial charge in [0.1, 0.15) is 30.2 Å². The third-order valence-electron chi connectivity index (χ3n) is 3.58. The number of nitrogens with two attached hydrogens (primary N) is 2. The number of aliphatic hydroxyl groups is 3.